The molecule has 0 aliphatic heterocycles. The molecule has 0 unspecified atom stereocenters. The zero-order valence-electron chi connectivity index (χ0n) is 20.2. The van der Waals surface area contributed by atoms with E-state index >= 15 is 0 Å². The first-order chi connectivity index (χ1) is 16.3. The molecular weight excluding hydrogens is 452 g/mol. The molecule has 1 heterocycles. The largest absolute Gasteiger partial charge is 0.388 e. The van der Waals surface area contributed by atoms with Gasteiger partial charge in [-0.05, 0) is 62.7 Å². The lowest BCUT2D eigenvalue weighted by molar-refractivity contribution is 0.103. The van der Waals surface area contributed by atoms with Gasteiger partial charge >= 0.3 is 0 Å². The molecule has 0 bridgehead atoms. The minimum absolute atomic E-state index is 0.0661. The normalized spacial score (nSPS) is 11.6. The van der Waals surface area contributed by atoms with Crippen LogP contribution in [0.15, 0.2) is 47.4 Å². The van der Waals surface area contributed by atoms with Crippen molar-refractivity contribution in [3.63, 3.8) is 0 Å². The van der Waals surface area contributed by atoms with Crippen molar-refractivity contribution in [3.05, 3.63) is 65.2 Å². The molecule has 3 aromatic rings. The van der Waals surface area contributed by atoms with Crippen LogP contribution >= 0.6 is 0 Å². The number of sulfone groups is 1. The molecule has 0 saturated carbocycles. The van der Waals surface area contributed by atoms with Gasteiger partial charge < -0.3 is 10.0 Å². The summed E-state index contributed by atoms with van der Waals surface area (Å²) >= 11 is 0. The highest BCUT2D eigenvalue weighted by atomic mass is 32.2. The van der Waals surface area contributed by atoms with Crippen molar-refractivity contribution in [2.45, 2.75) is 52.0 Å². The molecule has 1 N–H and O–H groups in total. The minimum atomic E-state index is -3.52. The van der Waals surface area contributed by atoms with Gasteiger partial charge in [-0.15, -0.1) is 10.2 Å². The van der Waals surface area contributed by atoms with E-state index in [2.05, 4.69) is 28.9 Å². The highest BCUT2D eigenvalue weighted by Gasteiger charge is 2.23. The van der Waals surface area contributed by atoms with E-state index in [0.717, 1.165) is 25.2 Å². The van der Waals surface area contributed by atoms with Gasteiger partial charge in [-0.1, -0.05) is 13.8 Å². The molecule has 0 fully saturated rings. The lowest BCUT2D eigenvalue weighted by atomic mass is 10.0. The van der Waals surface area contributed by atoms with Crippen molar-refractivity contribution in [2.24, 2.45) is 0 Å². The van der Waals surface area contributed by atoms with E-state index in [1.807, 2.05) is 19.1 Å². The number of rotatable bonds is 11. The summed E-state index contributed by atoms with van der Waals surface area (Å²) in [5.74, 6) is 0.495. The van der Waals surface area contributed by atoms with Crippen molar-refractivity contribution in [3.8, 4) is 5.69 Å². The van der Waals surface area contributed by atoms with Crippen molar-refractivity contribution in [1.29, 1.82) is 0 Å². The van der Waals surface area contributed by atoms with Gasteiger partial charge in [0.25, 0.3) is 0 Å². The molecule has 8 nitrogen and oxygen atoms in total. The topological polar surface area (TPSA) is 105 Å². The van der Waals surface area contributed by atoms with Gasteiger partial charge in [0.05, 0.1) is 16.3 Å². The molecule has 0 spiro atoms. The molecule has 0 radical (unpaired) electrons. The van der Waals surface area contributed by atoms with E-state index < -0.39 is 16.4 Å². The number of benzene rings is 2. The number of anilines is 1. The zero-order chi connectivity index (χ0) is 24.9. The number of carbonyl (C=O) groups excluding carboxylic acids is 1. The van der Waals surface area contributed by atoms with Crippen LogP contribution < -0.4 is 4.90 Å². The van der Waals surface area contributed by atoms with Crippen LogP contribution in [-0.2, 0) is 22.9 Å². The summed E-state index contributed by atoms with van der Waals surface area (Å²) in [4.78, 5) is 15.9. The molecule has 9 heteroatoms. The summed E-state index contributed by atoms with van der Waals surface area (Å²) in [7, 11) is -3.52. The fourth-order valence-corrected chi connectivity index (χ4v) is 4.84. The molecule has 0 aliphatic carbocycles. The first kappa shape index (κ1) is 25.6. The molecule has 0 saturated heterocycles. The number of hydrogen-bond acceptors (Lipinski definition) is 7. The van der Waals surface area contributed by atoms with Gasteiger partial charge in [0.1, 0.15) is 12.4 Å². The van der Waals surface area contributed by atoms with Gasteiger partial charge in [0.2, 0.25) is 0 Å². The monoisotopic (exact) mass is 484 g/mol. The van der Waals surface area contributed by atoms with Crippen molar-refractivity contribution >= 4 is 21.3 Å². The molecule has 0 aliphatic rings. The van der Waals surface area contributed by atoms with Crippen LogP contribution in [0.4, 0.5) is 5.69 Å². The van der Waals surface area contributed by atoms with Gasteiger partial charge in [0, 0.05) is 36.3 Å². The molecular formula is C25H32N4O4S. The Kier molecular flexibility index (Phi) is 8.22. The molecule has 0 atom stereocenters. The summed E-state index contributed by atoms with van der Waals surface area (Å²) in [5, 5.41) is 18.1. The first-order valence-electron chi connectivity index (χ1n) is 11.6. The van der Waals surface area contributed by atoms with Crippen LogP contribution in [0, 0.1) is 0 Å². The second-order valence-corrected chi connectivity index (χ2v) is 10.2. The third-order valence-corrected chi connectivity index (χ3v) is 7.60. The number of carbonyl (C=O) groups is 1. The summed E-state index contributed by atoms with van der Waals surface area (Å²) in [5.41, 5.74) is 2.18. The van der Waals surface area contributed by atoms with Crippen molar-refractivity contribution in [1.82, 2.24) is 14.8 Å². The maximum absolute atomic E-state index is 13.6. The van der Waals surface area contributed by atoms with Gasteiger partial charge in [-0.3, -0.25) is 9.36 Å². The third-order valence-electron chi connectivity index (χ3n) is 5.86. The predicted molar refractivity (Wildman–Crippen MR) is 132 cm³/mol. The van der Waals surface area contributed by atoms with E-state index in [1.165, 1.54) is 18.2 Å². The zero-order valence-corrected chi connectivity index (χ0v) is 21.0. The van der Waals surface area contributed by atoms with Crippen LogP contribution in [0.1, 0.15) is 61.7 Å². The number of nitrogens with zero attached hydrogens (tertiary/aromatic N) is 4. The summed E-state index contributed by atoms with van der Waals surface area (Å²) in [6.07, 6.45) is 1.33. The fourth-order valence-electron chi connectivity index (χ4n) is 3.94. The summed E-state index contributed by atoms with van der Waals surface area (Å²) in [6, 6.07) is 11.9. The number of aliphatic hydroxyl groups is 1. The van der Waals surface area contributed by atoms with Crippen molar-refractivity contribution in [2.75, 3.05) is 23.7 Å². The van der Waals surface area contributed by atoms with Gasteiger partial charge in [0.15, 0.2) is 21.4 Å². The predicted octanol–water partition coefficient (Wildman–Crippen LogP) is 3.58. The SMILES string of the molecule is CCCc1nnc(CO)n1-c1cc(S(=O)(=O)CC)ccc1C(=O)c1ccc(N(CC)CC)cc1. The van der Waals surface area contributed by atoms with E-state index in [1.54, 1.807) is 23.6 Å². The quantitative estimate of drug-likeness (QED) is 0.415. The Bertz CT molecular complexity index is 1250. The van der Waals surface area contributed by atoms with Gasteiger partial charge in [-0.25, -0.2) is 8.42 Å². The Balaban J connectivity index is 2.18. The lowest BCUT2D eigenvalue weighted by Crippen LogP contribution is -2.21. The standard InChI is InChI=1S/C25H32N4O4S/c1-5-9-23-26-27-24(17-30)29(23)22-16-20(34(32,33)8-4)14-15-21(22)25(31)18-10-12-19(13-11-18)28(6-2)7-3/h10-16,30H,5-9,17H2,1-4H3. The Morgan fingerprint density at radius 2 is 1.62 bits per heavy atom. The maximum Gasteiger partial charge on any atom is 0.195 e. The van der Waals surface area contributed by atoms with Crippen molar-refractivity contribution < 1.29 is 18.3 Å². The smallest absolute Gasteiger partial charge is 0.195 e. The Labute approximate surface area is 201 Å². The average molecular weight is 485 g/mol. The van der Waals surface area contributed by atoms with E-state index in [4.69, 9.17) is 0 Å². The fraction of sp³-hybridized carbons (Fsp3) is 0.400. The van der Waals surface area contributed by atoms with Crippen LogP contribution in [0.5, 0.6) is 0 Å². The van der Waals surface area contributed by atoms with E-state index in [9.17, 15) is 18.3 Å². The third kappa shape index (κ3) is 5.05. The number of ketones is 1. The minimum Gasteiger partial charge on any atom is -0.388 e. The number of aliphatic hydroxyl groups excluding tert-OH is 1. The Hall–Kier alpha value is -3.04. The van der Waals surface area contributed by atoms with Gasteiger partial charge in [-0.2, -0.15) is 0 Å². The number of aryl methyl sites for hydroxylation is 1. The molecule has 1 aromatic heterocycles. The van der Waals surface area contributed by atoms with Crippen LogP contribution in [0.25, 0.3) is 5.69 Å². The highest BCUT2D eigenvalue weighted by molar-refractivity contribution is 7.91. The Morgan fingerprint density at radius 1 is 0.971 bits per heavy atom. The molecule has 182 valence electrons. The van der Waals surface area contributed by atoms with Crippen LogP contribution in [0.2, 0.25) is 0 Å². The second kappa shape index (κ2) is 10.9. The molecule has 3 rings (SSSR count). The number of aromatic nitrogens is 3. The molecule has 2 aromatic carbocycles. The summed E-state index contributed by atoms with van der Waals surface area (Å²) < 4.78 is 26.8. The maximum atomic E-state index is 13.6. The Morgan fingerprint density at radius 3 is 2.18 bits per heavy atom. The summed E-state index contributed by atoms with van der Waals surface area (Å²) in [6.45, 7) is 9.04. The molecule has 0 amide bonds. The average Bonchev–Trinajstić information content (AvgIpc) is 3.27. The highest BCUT2D eigenvalue weighted by Crippen LogP contribution is 2.27. The first-order valence-corrected chi connectivity index (χ1v) is 13.3. The van der Waals surface area contributed by atoms with Crippen LogP contribution in [-0.4, -0.2) is 52.9 Å². The van der Waals surface area contributed by atoms with Crippen LogP contribution in [0.3, 0.4) is 0 Å². The second-order valence-electron chi connectivity index (χ2n) is 7.91. The van der Waals surface area contributed by atoms with E-state index in [0.29, 0.717) is 29.1 Å². The molecule has 34 heavy (non-hydrogen) atoms. The lowest BCUT2D eigenvalue weighted by Gasteiger charge is -2.21. The van der Waals surface area contributed by atoms with E-state index in [-0.39, 0.29) is 22.3 Å². The number of hydrogen-bond donors (Lipinski definition) is 1.